The minimum absolute atomic E-state index is 0.0000637. The maximum absolute atomic E-state index is 12.8. The van der Waals surface area contributed by atoms with Crippen LogP contribution in [0, 0.1) is 17.3 Å². The summed E-state index contributed by atoms with van der Waals surface area (Å²) >= 11 is 11.6. The molecule has 2 fully saturated rings. The van der Waals surface area contributed by atoms with E-state index in [1.807, 2.05) is 29.3 Å². The van der Waals surface area contributed by atoms with E-state index in [4.69, 9.17) is 23.2 Å². The van der Waals surface area contributed by atoms with Crippen LogP contribution in [-0.2, 0) is 11.2 Å². The van der Waals surface area contributed by atoms with Crippen LogP contribution in [0.4, 0.5) is 0 Å². The number of hydrogen-bond acceptors (Lipinski definition) is 3. The summed E-state index contributed by atoms with van der Waals surface area (Å²) in [7, 11) is 0. The first-order chi connectivity index (χ1) is 11.9. The molecule has 25 heavy (non-hydrogen) atoms. The van der Waals surface area contributed by atoms with E-state index in [0.717, 1.165) is 44.8 Å². The predicted molar refractivity (Wildman–Crippen MR) is 102 cm³/mol. The number of carbonyl (C=O) groups excluding carboxylic acids is 1. The van der Waals surface area contributed by atoms with Crippen molar-refractivity contribution in [1.29, 1.82) is 0 Å². The smallest absolute Gasteiger partial charge is 0.226 e. The van der Waals surface area contributed by atoms with Gasteiger partial charge in [-0.05, 0) is 29.5 Å². The summed E-state index contributed by atoms with van der Waals surface area (Å²) in [5.74, 6) is 0.387. The highest BCUT2D eigenvalue weighted by molar-refractivity contribution is 6.55. The van der Waals surface area contributed by atoms with Gasteiger partial charge in [0, 0.05) is 51.0 Å². The number of halogens is 2. The van der Waals surface area contributed by atoms with Gasteiger partial charge in [-0.2, -0.15) is 0 Å². The second kappa shape index (κ2) is 7.65. The minimum atomic E-state index is -0.0533. The number of nitrogens with zero attached hydrogens (tertiary/aromatic N) is 3. The number of rotatable bonds is 5. The summed E-state index contributed by atoms with van der Waals surface area (Å²) in [6.07, 6.45) is 4.60. The fourth-order valence-electron chi connectivity index (χ4n) is 3.80. The first-order valence-electron chi connectivity index (χ1n) is 8.83. The molecule has 2 heterocycles. The van der Waals surface area contributed by atoms with Crippen molar-refractivity contribution in [1.82, 2.24) is 14.8 Å². The second-order valence-corrected chi connectivity index (χ2v) is 8.53. The lowest BCUT2D eigenvalue weighted by molar-refractivity contribution is -0.135. The fourth-order valence-corrected chi connectivity index (χ4v) is 4.07. The van der Waals surface area contributed by atoms with E-state index in [1.54, 1.807) is 0 Å². The topological polar surface area (TPSA) is 36.4 Å². The maximum Gasteiger partial charge on any atom is 0.226 e. The average molecular weight is 382 g/mol. The van der Waals surface area contributed by atoms with E-state index in [0.29, 0.717) is 0 Å². The molecule has 0 aromatic carbocycles. The number of carbonyl (C=O) groups is 1. The van der Waals surface area contributed by atoms with Gasteiger partial charge in [-0.3, -0.25) is 14.7 Å². The van der Waals surface area contributed by atoms with Crippen molar-refractivity contribution >= 4 is 29.1 Å². The molecule has 1 aliphatic heterocycles. The Morgan fingerprint density at radius 3 is 2.60 bits per heavy atom. The van der Waals surface area contributed by atoms with Gasteiger partial charge in [0.2, 0.25) is 5.91 Å². The zero-order chi connectivity index (χ0) is 18.0. The summed E-state index contributed by atoms with van der Waals surface area (Å²) in [4.78, 5) is 21.6. The fraction of sp³-hybridized carbons (Fsp3) is 0.579. The molecular weight excluding hydrogens is 357 g/mol. The van der Waals surface area contributed by atoms with Crippen molar-refractivity contribution in [2.45, 2.75) is 20.3 Å². The third kappa shape index (κ3) is 4.36. The Balaban J connectivity index is 1.48. The van der Waals surface area contributed by atoms with Gasteiger partial charge in [-0.25, -0.2) is 0 Å². The lowest BCUT2D eigenvalue weighted by Crippen LogP contribution is -2.49. The van der Waals surface area contributed by atoms with E-state index >= 15 is 0 Å². The van der Waals surface area contributed by atoms with Gasteiger partial charge in [0.15, 0.2) is 0 Å². The molecule has 136 valence electrons. The minimum Gasteiger partial charge on any atom is -0.340 e. The van der Waals surface area contributed by atoms with Gasteiger partial charge in [0.1, 0.15) is 4.49 Å². The van der Waals surface area contributed by atoms with Gasteiger partial charge in [0.25, 0.3) is 0 Å². The normalized spacial score (nSPS) is 25.5. The van der Waals surface area contributed by atoms with Crippen LogP contribution in [0.5, 0.6) is 0 Å². The molecule has 0 N–H and O–H groups in total. The van der Waals surface area contributed by atoms with Gasteiger partial charge < -0.3 is 4.90 Å². The van der Waals surface area contributed by atoms with Crippen LogP contribution in [0.25, 0.3) is 0 Å². The molecule has 0 unspecified atom stereocenters. The van der Waals surface area contributed by atoms with Crippen molar-refractivity contribution in [3.8, 4) is 0 Å². The Kier molecular flexibility index (Phi) is 5.71. The van der Waals surface area contributed by atoms with Crippen LogP contribution >= 0.6 is 23.2 Å². The standard InChI is InChI=1S/C19H25Cl2N3O/c1-19(2)15(13-16(20)21)17(19)18(25)24-11-9-23(10-12-24)8-6-14-5-3-4-7-22-14/h3-5,7,13,15,17H,6,8-12H2,1-2H3/t15-,17+/m0/s1. The van der Waals surface area contributed by atoms with Crippen LogP contribution in [0.15, 0.2) is 35.0 Å². The Morgan fingerprint density at radius 2 is 2.00 bits per heavy atom. The van der Waals surface area contributed by atoms with Crippen LogP contribution in [0.2, 0.25) is 0 Å². The lowest BCUT2D eigenvalue weighted by atomic mass is 10.1. The van der Waals surface area contributed by atoms with Crippen molar-refractivity contribution in [3.63, 3.8) is 0 Å². The molecule has 4 nitrogen and oxygen atoms in total. The Hall–Kier alpha value is -1.10. The summed E-state index contributed by atoms with van der Waals surface area (Å²) in [6, 6.07) is 6.02. The average Bonchev–Trinajstić information content (AvgIpc) is 3.13. The largest absolute Gasteiger partial charge is 0.340 e. The SMILES string of the molecule is CC1(C)[C@@H](C=C(Cl)Cl)[C@@H]1C(=O)N1CCN(CCc2ccccn2)CC1. The molecule has 2 aliphatic rings. The lowest BCUT2D eigenvalue weighted by Gasteiger charge is -2.35. The van der Waals surface area contributed by atoms with E-state index in [9.17, 15) is 4.79 Å². The number of aromatic nitrogens is 1. The molecule has 2 atom stereocenters. The quantitative estimate of drug-likeness (QED) is 0.784. The molecule has 1 aromatic heterocycles. The van der Waals surface area contributed by atoms with Gasteiger partial charge in [0.05, 0.1) is 5.92 Å². The number of hydrogen-bond donors (Lipinski definition) is 0. The zero-order valence-electron chi connectivity index (χ0n) is 14.8. The second-order valence-electron chi connectivity index (χ2n) is 7.52. The summed E-state index contributed by atoms with van der Waals surface area (Å²) in [6.45, 7) is 8.62. The van der Waals surface area contributed by atoms with Gasteiger partial charge in [-0.1, -0.05) is 43.1 Å². The molecule has 1 aliphatic carbocycles. The monoisotopic (exact) mass is 381 g/mol. The molecule has 0 bridgehead atoms. The Bertz CT molecular complexity index is 635. The Morgan fingerprint density at radius 1 is 1.28 bits per heavy atom. The van der Waals surface area contributed by atoms with Crippen molar-refractivity contribution in [3.05, 3.63) is 40.7 Å². The van der Waals surface area contributed by atoms with Crippen LogP contribution in [0.1, 0.15) is 19.5 Å². The summed E-state index contributed by atoms with van der Waals surface area (Å²) < 4.78 is 0.257. The van der Waals surface area contributed by atoms with Crippen molar-refractivity contribution < 1.29 is 4.79 Å². The highest BCUT2D eigenvalue weighted by Crippen LogP contribution is 2.60. The van der Waals surface area contributed by atoms with Crippen molar-refractivity contribution in [2.24, 2.45) is 17.3 Å². The van der Waals surface area contributed by atoms with E-state index < -0.39 is 0 Å². The predicted octanol–water partition coefficient (Wildman–Crippen LogP) is 3.36. The zero-order valence-corrected chi connectivity index (χ0v) is 16.3. The first-order valence-corrected chi connectivity index (χ1v) is 9.59. The van der Waals surface area contributed by atoms with E-state index in [1.165, 1.54) is 0 Å². The van der Waals surface area contributed by atoms with Crippen LogP contribution in [-0.4, -0.2) is 53.4 Å². The number of allylic oxidation sites excluding steroid dienone is 1. The summed E-state index contributed by atoms with van der Waals surface area (Å²) in [5.41, 5.74) is 1.07. The van der Waals surface area contributed by atoms with Gasteiger partial charge in [-0.15, -0.1) is 0 Å². The van der Waals surface area contributed by atoms with Gasteiger partial charge >= 0.3 is 0 Å². The molecule has 1 saturated heterocycles. The molecule has 3 rings (SSSR count). The molecule has 1 aromatic rings. The third-order valence-corrected chi connectivity index (χ3v) is 5.83. The van der Waals surface area contributed by atoms with Crippen molar-refractivity contribution in [2.75, 3.05) is 32.7 Å². The molecule has 0 radical (unpaired) electrons. The third-order valence-electron chi connectivity index (χ3n) is 5.58. The van der Waals surface area contributed by atoms with Crippen LogP contribution < -0.4 is 0 Å². The molecule has 6 heteroatoms. The molecular formula is C19H25Cl2N3O. The Labute approximate surface area is 159 Å². The van der Waals surface area contributed by atoms with Crippen LogP contribution in [0.3, 0.4) is 0 Å². The number of pyridine rings is 1. The van der Waals surface area contributed by atoms with E-state index in [2.05, 4.69) is 29.8 Å². The number of piperazine rings is 1. The molecule has 0 spiro atoms. The maximum atomic E-state index is 12.8. The highest BCUT2D eigenvalue weighted by atomic mass is 35.5. The molecule has 1 amide bonds. The summed E-state index contributed by atoms with van der Waals surface area (Å²) in [5, 5.41) is 0. The number of amides is 1. The highest BCUT2D eigenvalue weighted by Gasteiger charge is 2.61. The van der Waals surface area contributed by atoms with E-state index in [-0.39, 0.29) is 27.6 Å². The first kappa shape index (κ1) is 18.7. The molecule has 1 saturated carbocycles.